The Kier molecular flexibility index (Phi) is 8.62. The van der Waals surface area contributed by atoms with Gasteiger partial charge in [-0.1, -0.05) is 12.1 Å². The molecule has 0 aliphatic carbocycles. The largest absolute Gasteiger partial charge is 0.497 e. The number of aryl methyl sites for hydroxylation is 1. The summed E-state index contributed by atoms with van der Waals surface area (Å²) in [6.45, 7) is 4.44. The molecule has 1 heterocycles. The lowest BCUT2D eigenvalue weighted by molar-refractivity contribution is 0.0526. The summed E-state index contributed by atoms with van der Waals surface area (Å²) in [5, 5.41) is 3.91. The Hall–Kier alpha value is -3.39. The molecular formula is C24H28N4O3S. The summed E-state index contributed by atoms with van der Waals surface area (Å²) in [6, 6.07) is 15.1. The van der Waals surface area contributed by atoms with Crippen molar-refractivity contribution in [1.29, 1.82) is 0 Å². The van der Waals surface area contributed by atoms with Crippen molar-refractivity contribution in [3.05, 3.63) is 78.4 Å². The van der Waals surface area contributed by atoms with E-state index in [1.165, 1.54) is 0 Å². The number of esters is 1. The highest BCUT2D eigenvalue weighted by Gasteiger charge is 2.12. The molecule has 0 radical (unpaired) electrons. The van der Waals surface area contributed by atoms with Gasteiger partial charge in [-0.25, -0.2) is 9.78 Å². The smallest absolute Gasteiger partial charge is 0.338 e. The number of imidazole rings is 1. The van der Waals surface area contributed by atoms with Gasteiger partial charge in [0.2, 0.25) is 0 Å². The van der Waals surface area contributed by atoms with Crippen molar-refractivity contribution in [3.8, 4) is 5.75 Å². The van der Waals surface area contributed by atoms with Gasteiger partial charge in [0.05, 0.1) is 25.6 Å². The van der Waals surface area contributed by atoms with Crippen molar-refractivity contribution in [2.45, 2.75) is 26.4 Å². The summed E-state index contributed by atoms with van der Waals surface area (Å²) in [5.74, 6) is 0.491. The monoisotopic (exact) mass is 452 g/mol. The second kappa shape index (κ2) is 11.9. The van der Waals surface area contributed by atoms with Crippen LogP contribution in [0.4, 0.5) is 5.69 Å². The summed E-state index contributed by atoms with van der Waals surface area (Å²) < 4.78 is 12.3. The van der Waals surface area contributed by atoms with E-state index in [1.807, 2.05) is 48.9 Å². The molecule has 1 N–H and O–H groups in total. The molecular weight excluding hydrogens is 424 g/mol. The first-order chi connectivity index (χ1) is 15.6. The van der Waals surface area contributed by atoms with E-state index < -0.39 is 0 Å². The molecule has 3 aromatic rings. The van der Waals surface area contributed by atoms with Gasteiger partial charge in [-0.15, -0.1) is 0 Å². The molecule has 3 rings (SSSR count). The van der Waals surface area contributed by atoms with E-state index >= 15 is 0 Å². The summed E-state index contributed by atoms with van der Waals surface area (Å²) in [5.41, 5.74) is 2.46. The molecule has 7 nitrogen and oxygen atoms in total. The number of carbonyl (C=O) groups excluding carboxylic acids is 1. The fourth-order valence-corrected chi connectivity index (χ4v) is 3.45. The number of anilines is 1. The van der Waals surface area contributed by atoms with E-state index in [4.69, 9.17) is 21.7 Å². The van der Waals surface area contributed by atoms with Crippen molar-refractivity contribution in [3.63, 3.8) is 0 Å². The van der Waals surface area contributed by atoms with E-state index in [0.29, 0.717) is 23.8 Å². The average Bonchev–Trinajstić information content (AvgIpc) is 3.33. The zero-order valence-corrected chi connectivity index (χ0v) is 19.2. The normalized spacial score (nSPS) is 10.4. The molecule has 0 saturated carbocycles. The van der Waals surface area contributed by atoms with Crippen molar-refractivity contribution in [2.75, 3.05) is 25.6 Å². The molecule has 168 valence electrons. The van der Waals surface area contributed by atoms with Crippen LogP contribution < -0.4 is 10.1 Å². The number of hydrogen-bond donors (Lipinski definition) is 1. The molecule has 0 fully saturated rings. The molecule has 8 heteroatoms. The number of hydrogen-bond acceptors (Lipinski definition) is 5. The lowest BCUT2D eigenvalue weighted by atomic mass is 10.2. The second-order valence-corrected chi connectivity index (χ2v) is 7.54. The Balaban J connectivity index is 1.65. The third-order valence-electron chi connectivity index (χ3n) is 4.87. The van der Waals surface area contributed by atoms with Gasteiger partial charge in [0.1, 0.15) is 5.75 Å². The number of methoxy groups -OCH3 is 1. The number of nitrogens with zero attached hydrogens (tertiary/aromatic N) is 3. The number of aromatic nitrogens is 2. The second-order valence-electron chi connectivity index (χ2n) is 7.15. The van der Waals surface area contributed by atoms with Crippen LogP contribution in [0.5, 0.6) is 5.75 Å². The third kappa shape index (κ3) is 6.81. The van der Waals surface area contributed by atoms with Crippen LogP contribution in [0.25, 0.3) is 0 Å². The highest BCUT2D eigenvalue weighted by molar-refractivity contribution is 7.80. The maximum Gasteiger partial charge on any atom is 0.338 e. The topological polar surface area (TPSA) is 68.6 Å². The van der Waals surface area contributed by atoms with Crippen LogP contribution in [-0.2, 0) is 17.8 Å². The van der Waals surface area contributed by atoms with Crippen LogP contribution >= 0.6 is 12.2 Å². The van der Waals surface area contributed by atoms with Crippen molar-refractivity contribution in [2.24, 2.45) is 0 Å². The first-order valence-corrected chi connectivity index (χ1v) is 10.9. The lowest BCUT2D eigenvalue weighted by Gasteiger charge is -2.26. The van der Waals surface area contributed by atoms with Crippen molar-refractivity contribution < 1.29 is 14.3 Å². The fraction of sp³-hybridized carbons (Fsp3) is 0.292. The van der Waals surface area contributed by atoms with Gasteiger partial charge in [0, 0.05) is 37.7 Å². The Labute approximate surface area is 194 Å². The first-order valence-electron chi connectivity index (χ1n) is 10.5. The Morgan fingerprint density at radius 2 is 1.91 bits per heavy atom. The average molecular weight is 453 g/mol. The molecule has 0 unspecified atom stereocenters. The number of ether oxygens (including phenoxy) is 2. The van der Waals surface area contributed by atoms with E-state index in [0.717, 1.165) is 36.5 Å². The quantitative estimate of drug-likeness (QED) is 0.362. The van der Waals surface area contributed by atoms with Gasteiger partial charge in [-0.2, -0.15) is 0 Å². The molecule has 1 aromatic heterocycles. The number of rotatable bonds is 10. The van der Waals surface area contributed by atoms with E-state index in [2.05, 4.69) is 19.8 Å². The zero-order valence-electron chi connectivity index (χ0n) is 18.4. The zero-order chi connectivity index (χ0) is 22.8. The minimum Gasteiger partial charge on any atom is -0.497 e. The van der Waals surface area contributed by atoms with Crippen LogP contribution in [0.15, 0.2) is 67.3 Å². The highest BCUT2D eigenvalue weighted by atomic mass is 32.1. The number of nitrogens with one attached hydrogen (secondary N) is 1. The Morgan fingerprint density at radius 3 is 2.53 bits per heavy atom. The van der Waals surface area contributed by atoms with Crippen LogP contribution in [0.2, 0.25) is 0 Å². The fourth-order valence-electron chi connectivity index (χ4n) is 3.17. The molecule has 0 atom stereocenters. The van der Waals surface area contributed by atoms with E-state index in [-0.39, 0.29) is 5.97 Å². The Bertz CT molecular complexity index is 989. The molecule has 2 aromatic carbocycles. The number of benzene rings is 2. The van der Waals surface area contributed by atoms with Gasteiger partial charge in [-0.05, 0) is 67.5 Å². The standard InChI is InChI=1S/C24H28N4O3S/c1-3-31-23(29)20-7-9-21(10-8-20)26-24(32)28(15-4-14-27-16-13-25-18-27)17-19-5-11-22(30-2)12-6-19/h5-13,16,18H,3-4,14-15,17H2,1-2H3,(H,26,32). The van der Waals surface area contributed by atoms with Gasteiger partial charge in [-0.3, -0.25) is 0 Å². The Morgan fingerprint density at radius 1 is 1.16 bits per heavy atom. The third-order valence-corrected chi connectivity index (χ3v) is 5.23. The predicted molar refractivity (Wildman–Crippen MR) is 129 cm³/mol. The maximum atomic E-state index is 11.9. The van der Waals surface area contributed by atoms with Gasteiger partial charge in [0.25, 0.3) is 0 Å². The molecule has 32 heavy (non-hydrogen) atoms. The first kappa shape index (κ1) is 23.3. The van der Waals surface area contributed by atoms with Gasteiger partial charge >= 0.3 is 5.97 Å². The van der Waals surface area contributed by atoms with Crippen molar-refractivity contribution in [1.82, 2.24) is 14.5 Å². The van der Waals surface area contributed by atoms with Gasteiger partial charge < -0.3 is 24.3 Å². The van der Waals surface area contributed by atoms with Gasteiger partial charge in [0.15, 0.2) is 5.11 Å². The van der Waals surface area contributed by atoms with Crippen molar-refractivity contribution >= 4 is 29.0 Å². The highest BCUT2D eigenvalue weighted by Crippen LogP contribution is 2.16. The SMILES string of the molecule is CCOC(=O)c1ccc(NC(=S)N(CCCn2ccnc2)Cc2ccc(OC)cc2)cc1. The van der Waals surface area contributed by atoms with E-state index in [1.54, 1.807) is 32.4 Å². The van der Waals surface area contributed by atoms with Crippen LogP contribution in [-0.4, -0.2) is 45.8 Å². The molecule has 0 spiro atoms. The summed E-state index contributed by atoms with van der Waals surface area (Å²) in [4.78, 5) is 18.1. The minimum atomic E-state index is -0.331. The molecule has 0 aliphatic heterocycles. The predicted octanol–water partition coefficient (Wildman–Crippen LogP) is 4.36. The summed E-state index contributed by atoms with van der Waals surface area (Å²) in [6.07, 6.45) is 6.46. The lowest BCUT2D eigenvalue weighted by Crippen LogP contribution is -2.35. The number of thiocarbonyl (C=S) groups is 1. The van der Waals surface area contributed by atoms with E-state index in [9.17, 15) is 4.79 Å². The van der Waals surface area contributed by atoms with Crippen LogP contribution in [0.3, 0.4) is 0 Å². The summed E-state index contributed by atoms with van der Waals surface area (Å²) >= 11 is 5.72. The van der Waals surface area contributed by atoms with Crippen LogP contribution in [0.1, 0.15) is 29.3 Å². The maximum absolute atomic E-state index is 11.9. The van der Waals surface area contributed by atoms with Crippen LogP contribution in [0, 0.1) is 0 Å². The molecule has 0 amide bonds. The molecule has 0 bridgehead atoms. The molecule has 0 aliphatic rings. The number of carbonyl (C=O) groups is 1. The summed E-state index contributed by atoms with van der Waals surface area (Å²) in [7, 11) is 1.66. The minimum absolute atomic E-state index is 0.331. The molecule has 0 saturated heterocycles.